The molecule has 1 aromatic heterocycles. The number of likely N-dealkylation sites (tertiary alicyclic amines) is 1. The Morgan fingerprint density at radius 1 is 1.15 bits per heavy atom. The summed E-state index contributed by atoms with van der Waals surface area (Å²) in [6, 6.07) is 10.9. The average molecular weight is 371 g/mol. The van der Waals surface area contributed by atoms with Gasteiger partial charge in [0.15, 0.2) is 0 Å². The van der Waals surface area contributed by atoms with Crippen molar-refractivity contribution in [3.63, 3.8) is 0 Å². The van der Waals surface area contributed by atoms with Gasteiger partial charge in [0.1, 0.15) is 11.2 Å². The van der Waals surface area contributed by atoms with Gasteiger partial charge in [-0.15, -0.1) is 11.8 Å². The Morgan fingerprint density at radius 2 is 1.92 bits per heavy atom. The van der Waals surface area contributed by atoms with Gasteiger partial charge < -0.3 is 4.90 Å². The topological polar surface area (TPSA) is 36.4 Å². The van der Waals surface area contributed by atoms with Crippen LogP contribution in [0.25, 0.3) is 0 Å². The molecule has 1 unspecified atom stereocenters. The van der Waals surface area contributed by atoms with Gasteiger partial charge in [-0.2, -0.15) is 0 Å². The fraction of sp³-hybridized carbons (Fsp3) is 0.400. The summed E-state index contributed by atoms with van der Waals surface area (Å²) in [7, 11) is 0. The molecule has 0 radical (unpaired) electrons. The standard InChI is InChI=1S/C20H22FN3OS/c21-17-5-3-16(4-6-17)20-24(19(25)14-26-20)18-7-10-23(11-8-18)13-15-2-1-9-22-12-15/h1-6,9,12,18,20H,7-8,10-11,13-14H2. The van der Waals surface area contributed by atoms with Crippen LogP contribution in [0.5, 0.6) is 0 Å². The minimum absolute atomic E-state index is 0.0120. The molecule has 0 saturated carbocycles. The lowest BCUT2D eigenvalue weighted by Crippen LogP contribution is -2.46. The zero-order valence-corrected chi connectivity index (χ0v) is 15.4. The first-order chi connectivity index (χ1) is 12.7. The number of halogens is 1. The number of benzene rings is 1. The summed E-state index contributed by atoms with van der Waals surface area (Å²) in [5.41, 5.74) is 2.24. The highest BCUT2D eigenvalue weighted by atomic mass is 32.2. The second kappa shape index (κ2) is 7.76. The van der Waals surface area contributed by atoms with Crippen molar-refractivity contribution in [2.24, 2.45) is 0 Å². The summed E-state index contributed by atoms with van der Waals surface area (Å²) in [6.45, 7) is 2.86. The van der Waals surface area contributed by atoms with E-state index >= 15 is 0 Å². The molecular formula is C20H22FN3OS. The molecule has 2 aliphatic heterocycles. The van der Waals surface area contributed by atoms with Crippen molar-refractivity contribution in [2.75, 3.05) is 18.8 Å². The van der Waals surface area contributed by atoms with Crippen LogP contribution >= 0.6 is 11.8 Å². The highest BCUT2D eigenvalue weighted by Gasteiger charge is 2.38. The van der Waals surface area contributed by atoms with E-state index in [0.717, 1.165) is 38.0 Å². The highest BCUT2D eigenvalue weighted by Crippen LogP contribution is 2.41. The summed E-state index contributed by atoms with van der Waals surface area (Å²) in [5.74, 6) is 0.478. The predicted molar refractivity (Wildman–Crippen MR) is 101 cm³/mol. The molecule has 2 fully saturated rings. The molecule has 1 amide bonds. The van der Waals surface area contributed by atoms with Crippen molar-refractivity contribution in [3.8, 4) is 0 Å². The maximum absolute atomic E-state index is 13.2. The van der Waals surface area contributed by atoms with E-state index < -0.39 is 0 Å². The van der Waals surface area contributed by atoms with Crippen LogP contribution in [0, 0.1) is 5.82 Å². The Kier molecular flexibility index (Phi) is 5.22. The molecule has 0 N–H and O–H groups in total. The van der Waals surface area contributed by atoms with E-state index in [0.29, 0.717) is 5.75 Å². The Bertz CT molecular complexity index is 747. The molecule has 26 heavy (non-hydrogen) atoms. The van der Waals surface area contributed by atoms with E-state index in [1.54, 1.807) is 30.1 Å². The van der Waals surface area contributed by atoms with Gasteiger partial charge in [0.2, 0.25) is 5.91 Å². The molecule has 2 aliphatic rings. The van der Waals surface area contributed by atoms with E-state index in [9.17, 15) is 9.18 Å². The third kappa shape index (κ3) is 3.76. The minimum atomic E-state index is -0.238. The van der Waals surface area contributed by atoms with Crippen LogP contribution in [0.1, 0.15) is 29.3 Å². The lowest BCUT2D eigenvalue weighted by atomic mass is 10.0. The lowest BCUT2D eigenvalue weighted by Gasteiger charge is -2.39. The largest absolute Gasteiger partial charge is 0.323 e. The minimum Gasteiger partial charge on any atom is -0.323 e. The molecule has 2 saturated heterocycles. The van der Waals surface area contributed by atoms with Crippen LogP contribution in [-0.2, 0) is 11.3 Å². The molecule has 1 atom stereocenters. The molecule has 4 rings (SSSR count). The van der Waals surface area contributed by atoms with E-state index in [1.165, 1.54) is 17.7 Å². The maximum atomic E-state index is 13.2. The number of aromatic nitrogens is 1. The van der Waals surface area contributed by atoms with Gasteiger partial charge in [-0.25, -0.2) is 4.39 Å². The van der Waals surface area contributed by atoms with E-state index in [1.807, 2.05) is 17.2 Å². The summed E-state index contributed by atoms with van der Waals surface area (Å²) in [6.07, 6.45) is 5.66. The summed E-state index contributed by atoms with van der Waals surface area (Å²) in [4.78, 5) is 21.2. The molecule has 1 aromatic carbocycles. The van der Waals surface area contributed by atoms with Gasteiger partial charge in [0, 0.05) is 38.1 Å². The van der Waals surface area contributed by atoms with Gasteiger partial charge in [-0.3, -0.25) is 14.7 Å². The zero-order valence-electron chi connectivity index (χ0n) is 14.6. The molecule has 4 nitrogen and oxygen atoms in total. The molecule has 0 aliphatic carbocycles. The molecule has 2 aromatic rings. The number of hydrogen-bond acceptors (Lipinski definition) is 4. The number of carbonyl (C=O) groups excluding carboxylic acids is 1. The van der Waals surface area contributed by atoms with Crippen LogP contribution in [0.15, 0.2) is 48.8 Å². The number of rotatable bonds is 4. The van der Waals surface area contributed by atoms with Crippen LogP contribution < -0.4 is 0 Å². The fourth-order valence-electron chi connectivity index (χ4n) is 3.82. The first-order valence-corrected chi connectivity index (χ1v) is 10.0. The van der Waals surface area contributed by atoms with Gasteiger partial charge >= 0.3 is 0 Å². The molecule has 0 bridgehead atoms. The van der Waals surface area contributed by atoms with Crippen LogP contribution in [0.3, 0.4) is 0 Å². The smallest absolute Gasteiger partial charge is 0.234 e. The third-order valence-electron chi connectivity index (χ3n) is 5.14. The summed E-state index contributed by atoms with van der Waals surface area (Å²) < 4.78 is 13.2. The first-order valence-electron chi connectivity index (χ1n) is 9.00. The monoisotopic (exact) mass is 371 g/mol. The molecular weight excluding hydrogens is 349 g/mol. The number of thioether (sulfide) groups is 1. The fourth-order valence-corrected chi connectivity index (χ4v) is 5.07. The Hall–Kier alpha value is -1.92. The van der Waals surface area contributed by atoms with Crippen LogP contribution in [0.4, 0.5) is 4.39 Å². The number of piperidine rings is 1. The van der Waals surface area contributed by atoms with Crippen molar-refractivity contribution in [2.45, 2.75) is 30.8 Å². The molecule has 136 valence electrons. The Morgan fingerprint density at radius 3 is 2.62 bits per heavy atom. The van der Waals surface area contributed by atoms with Crippen molar-refractivity contribution in [1.29, 1.82) is 0 Å². The SMILES string of the molecule is O=C1CSC(c2ccc(F)cc2)N1C1CCN(Cc2cccnc2)CC1. The van der Waals surface area contributed by atoms with Crippen molar-refractivity contribution >= 4 is 17.7 Å². The Balaban J connectivity index is 1.40. The molecule has 3 heterocycles. The highest BCUT2D eigenvalue weighted by molar-refractivity contribution is 8.00. The van der Waals surface area contributed by atoms with Gasteiger partial charge in [-0.1, -0.05) is 18.2 Å². The molecule has 6 heteroatoms. The van der Waals surface area contributed by atoms with E-state index in [2.05, 4.69) is 16.0 Å². The van der Waals surface area contributed by atoms with Crippen molar-refractivity contribution in [1.82, 2.24) is 14.8 Å². The summed E-state index contributed by atoms with van der Waals surface area (Å²) >= 11 is 1.65. The quantitative estimate of drug-likeness (QED) is 0.825. The lowest BCUT2D eigenvalue weighted by molar-refractivity contribution is -0.131. The Labute approximate surface area is 157 Å². The zero-order chi connectivity index (χ0) is 17.9. The van der Waals surface area contributed by atoms with Crippen molar-refractivity contribution < 1.29 is 9.18 Å². The number of hydrogen-bond donors (Lipinski definition) is 0. The summed E-state index contributed by atoms with van der Waals surface area (Å²) in [5, 5.41) is 0.0120. The normalized spacial score (nSPS) is 22.1. The van der Waals surface area contributed by atoms with Gasteiger partial charge in [0.25, 0.3) is 0 Å². The van der Waals surface area contributed by atoms with E-state index in [-0.39, 0.29) is 23.1 Å². The van der Waals surface area contributed by atoms with Gasteiger partial charge in [0.05, 0.1) is 5.75 Å². The number of carbonyl (C=O) groups is 1. The van der Waals surface area contributed by atoms with Gasteiger partial charge in [-0.05, 0) is 42.2 Å². The second-order valence-corrected chi connectivity index (χ2v) is 7.95. The average Bonchev–Trinajstić information content (AvgIpc) is 3.05. The number of amides is 1. The second-order valence-electron chi connectivity index (χ2n) is 6.88. The number of pyridine rings is 1. The van der Waals surface area contributed by atoms with Crippen molar-refractivity contribution in [3.05, 3.63) is 65.7 Å². The third-order valence-corrected chi connectivity index (χ3v) is 6.37. The first kappa shape index (κ1) is 17.5. The predicted octanol–water partition coefficient (Wildman–Crippen LogP) is 3.46. The molecule has 0 spiro atoms. The van der Waals surface area contributed by atoms with E-state index in [4.69, 9.17) is 0 Å². The number of nitrogens with zero attached hydrogens (tertiary/aromatic N) is 3. The van der Waals surface area contributed by atoms with Crippen LogP contribution in [-0.4, -0.2) is 45.6 Å². The maximum Gasteiger partial charge on any atom is 0.234 e. The van der Waals surface area contributed by atoms with Crippen LogP contribution in [0.2, 0.25) is 0 Å².